The molecule has 4 rings (SSSR count). The Morgan fingerprint density at radius 2 is 1.97 bits per heavy atom. The number of rotatable bonds is 9. The van der Waals surface area contributed by atoms with Gasteiger partial charge in [0.2, 0.25) is 0 Å². The molecule has 210 valence electrons. The number of hydrogen-bond donors (Lipinski definition) is 2. The van der Waals surface area contributed by atoms with Crippen LogP contribution in [0.4, 0.5) is 5.69 Å². The maximum atomic E-state index is 13.6. The third kappa shape index (κ3) is 6.87. The summed E-state index contributed by atoms with van der Waals surface area (Å²) in [6.07, 6.45) is -0.412. The predicted molar refractivity (Wildman–Crippen MR) is 156 cm³/mol. The van der Waals surface area contributed by atoms with E-state index in [0.717, 1.165) is 16.9 Å². The largest absolute Gasteiger partial charge is 0.486 e. The molecule has 0 saturated carbocycles. The number of carbonyl (C=O) groups is 1. The van der Waals surface area contributed by atoms with E-state index in [0.29, 0.717) is 29.7 Å². The number of anilines is 1. The molecule has 0 saturated heterocycles. The average molecular weight is 613 g/mol. The van der Waals surface area contributed by atoms with Crippen molar-refractivity contribution in [2.24, 2.45) is 5.92 Å². The number of sulfonamides is 1. The summed E-state index contributed by atoms with van der Waals surface area (Å²) in [5, 5.41) is 12.5. The first kappa shape index (κ1) is 29.6. The molecule has 0 fully saturated rings. The van der Waals surface area contributed by atoms with Crippen molar-refractivity contribution in [3.63, 3.8) is 0 Å². The molecule has 0 aliphatic carbocycles. The monoisotopic (exact) mass is 611 g/mol. The molecular weight excluding hydrogens is 581 g/mol. The molecule has 3 atom stereocenters. The summed E-state index contributed by atoms with van der Waals surface area (Å²) in [5.41, 5.74) is 1.38. The third-order valence-electron chi connectivity index (χ3n) is 6.62. The Balaban J connectivity index is 1.69. The van der Waals surface area contributed by atoms with Gasteiger partial charge in [0.25, 0.3) is 15.9 Å². The molecule has 1 aromatic heterocycles. The van der Waals surface area contributed by atoms with Gasteiger partial charge in [0.1, 0.15) is 10.3 Å². The maximum absolute atomic E-state index is 13.6. The Morgan fingerprint density at radius 1 is 1.21 bits per heavy atom. The minimum Gasteiger partial charge on any atom is -0.486 e. The van der Waals surface area contributed by atoms with E-state index in [1.165, 1.54) is 6.07 Å². The van der Waals surface area contributed by atoms with Crippen LogP contribution in [0.25, 0.3) is 0 Å². The lowest BCUT2D eigenvalue weighted by atomic mass is 9.99. The van der Waals surface area contributed by atoms with Crippen LogP contribution in [0.1, 0.15) is 29.8 Å². The van der Waals surface area contributed by atoms with Crippen LogP contribution in [-0.4, -0.2) is 68.1 Å². The van der Waals surface area contributed by atoms with Crippen molar-refractivity contribution in [2.45, 2.75) is 36.7 Å². The second-order valence-corrected chi connectivity index (χ2v) is 13.5. The Hall–Kier alpha value is -2.34. The quantitative estimate of drug-likeness (QED) is 0.345. The minimum absolute atomic E-state index is 0.144. The van der Waals surface area contributed by atoms with Gasteiger partial charge < -0.3 is 14.7 Å². The number of hydrogen-bond acceptors (Lipinski definition) is 7. The first-order valence-electron chi connectivity index (χ1n) is 12.4. The van der Waals surface area contributed by atoms with E-state index in [1.807, 2.05) is 26.1 Å². The van der Waals surface area contributed by atoms with Gasteiger partial charge in [-0.3, -0.25) is 14.4 Å². The van der Waals surface area contributed by atoms with Crippen LogP contribution < -0.4 is 9.46 Å². The zero-order valence-electron chi connectivity index (χ0n) is 21.8. The predicted octanol–water partition coefficient (Wildman–Crippen LogP) is 5.21. The smallest absolute Gasteiger partial charge is 0.271 e. The topological polar surface area (TPSA) is 99.2 Å². The molecule has 1 aliphatic heterocycles. The fourth-order valence-corrected chi connectivity index (χ4v) is 6.85. The molecular formula is C27H31Cl2N3O5S2. The van der Waals surface area contributed by atoms with Crippen LogP contribution in [0.15, 0.2) is 58.1 Å². The summed E-state index contributed by atoms with van der Waals surface area (Å²) in [6, 6.07) is 13.0. The lowest BCUT2D eigenvalue weighted by Crippen LogP contribution is -2.49. The molecule has 0 bridgehead atoms. The zero-order valence-corrected chi connectivity index (χ0v) is 24.9. The number of fused-ring (bicyclic) bond motifs is 1. The minimum atomic E-state index is -3.89. The van der Waals surface area contributed by atoms with Crippen molar-refractivity contribution in [1.82, 2.24) is 9.80 Å². The van der Waals surface area contributed by atoms with Crippen molar-refractivity contribution in [3.8, 4) is 5.75 Å². The summed E-state index contributed by atoms with van der Waals surface area (Å²) < 4.78 is 35.4. The summed E-state index contributed by atoms with van der Waals surface area (Å²) in [5.74, 6) is -0.315. The number of aliphatic hydroxyl groups excluding tert-OH is 1. The lowest BCUT2D eigenvalue weighted by molar-refractivity contribution is 0.0344. The second-order valence-electron chi connectivity index (χ2n) is 9.79. The molecule has 3 aromatic rings. The van der Waals surface area contributed by atoms with Gasteiger partial charge >= 0.3 is 0 Å². The van der Waals surface area contributed by atoms with Gasteiger partial charge in [-0.25, -0.2) is 8.42 Å². The van der Waals surface area contributed by atoms with Crippen molar-refractivity contribution in [2.75, 3.05) is 31.5 Å². The average Bonchev–Trinajstić information content (AvgIpc) is 3.44. The number of halogens is 2. The van der Waals surface area contributed by atoms with Crippen LogP contribution in [0.5, 0.6) is 5.75 Å². The highest BCUT2D eigenvalue weighted by Crippen LogP contribution is 2.36. The number of benzene rings is 2. The van der Waals surface area contributed by atoms with E-state index >= 15 is 0 Å². The molecule has 1 amide bonds. The van der Waals surface area contributed by atoms with Gasteiger partial charge in [0.05, 0.1) is 33.9 Å². The standard InChI is InChI=1S/C27H31Cl2N3O5S2/c1-17-13-32(18(2)16-33)27(34)20-6-4-7-23(30-39(35,36)25-8-5-11-38-25)26(20)37-24(17)15-31(3)14-19-9-10-21(28)22(29)12-19/h4-12,17-18,24,30,33H,13-16H2,1-3H3/t17-,18-,24+/m1/s1. The van der Waals surface area contributed by atoms with Crippen LogP contribution in [0.2, 0.25) is 10.0 Å². The van der Waals surface area contributed by atoms with Crippen molar-refractivity contribution < 1.29 is 23.1 Å². The van der Waals surface area contributed by atoms with E-state index in [-0.39, 0.29) is 39.6 Å². The number of para-hydroxylation sites is 1. The van der Waals surface area contributed by atoms with Crippen molar-refractivity contribution in [3.05, 3.63) is 75.1 Å². The summed E-state index contributed by atoms with van der Waals surface area (Å²) in [6.45, 7) is 4.95. The fraction of sp³-hybridized carbons (Fsp3) is 0.370. The number of thiophene rings is 1. The van der Waals surface area contributed by atoms with Crippen LogP contribution in [0.3, 0.4) is 0 Å². The number of nitrogens with zero attached hydrogens (tertiary/aromatic N) is 2. The highest BCUT2D eigenvalue weighted by Gasteiger charge is 2.35. The van der Waals surface area contributed by atoms with Crippen LogP contribution in [0, 0.1) is 5.92 Å². The first-order valence-corrected chi connectivity index (χ1v) is 15.5. The summed E-state index contributed by atoms with van der Waals surface area (Å²) in [7, 11) is -1.94. The van der Waals surface area contributed by atoms with Gasteiger partial charge in [-0.15, -0.1) is 11.3 Å². The highest BCUT2D eigenvalue weighted by molar-refractivity contribution is 7.94. The van der Waals surface area contributed by atoms with Crippen LogP contribution in [-0.2, 0) is 16.6 Å². The Bertz CT molecular complexity index is 1420. The third-order valence-corrected chi connectivity index (χ3v) is 10.1. The SMILES string of the molecule is C[C@@H]1CN([C@H](C)CO)C(=O)c2cccc(NS(=O)(=O)c3cccs3)c2O[C@H]1CN(C)Cc1ccc(Cl)c(Cl)c1. The number of ether oxygens (including phenoxy) is 1. The van der Waals surface area contributed by atoms with Crippen LogP contribution >= 0.6 is 34.5 Å². The number of carbonyl (C=O) groups excluding carboxylic acids is 1. The van der Waals surface area contributed by atoms with E-state index in [1.54, 1.807) is 47.5 Å². The zero-order chi connectivity index (χ0) is 28.3. The van der Waals surface area contributed by atoms with Crippen molar-refractivity contribution >= 4 is 56.2 Å². The number of amides is 1. The molecule has 0 radical (unpaired) electrons. The molecule has 0 spiro atoms. The molecule has 2 aromatic carbocycles. The fourth-order valence-electron chi connectivity index (χ4n) is 4.47. The molecule has 8 nitrogen and oxygen atoms in total. The van der Waals surface area contributed by atoms with Gasteiger partial charge in [-0.05, 0) is 55.2 Å². The van der Waals surface area contributed by atoms with E-state index in [9.17, 15) is 18.3 Å². The summed E-state index contributed by atoms with van der Waals surface area (Å²) >= 11 is 13.4. The van der Waals surface area contributed by atoms with E-state index in [2.05, 4.69) is 9.62 Å². The number of nitrogens with one attached hydrogen (secondary N) is 1. The normalized spacial score (nSPS) is 18.7. The molecule has 12 heteroatoms. The molecule has 2 heterocycles. The van der Waals surface area contributed by atoms with E-state index in [4.69, 9.17) is 27.9 Å². The van der Waals surface area contributed by atoms with Gasteiger partial charge in [-0.2, -0.15) is 0 Å². The first-order chi connectivity index (χ1) is 18.5. The lowest BCUT2D eigenvalue weighted by Gasteiger charge is -2.38. The highest BCUT2D eigenvalue weighted by atomic mass is 35.5. The number of likely N-dealkylation sites (N-methyl/N-ethyl adjacent to an activating group) is 1. The Kier molecular flexibility index (Phi) is 9.46. The summed E-state index contributed by atoms with van der Waals surface area (Å²) in [4.78, 5) is 17.3. The molecule has 2 N–H and O–H groups in total. The molecule has 0 unspecified atom stereocenters. The van der Waals surface area contributed by atoms with Crippen molar-refractivity contribution in [1.29, 1.82) is 0 Å². The van der Waals surface area contributed by atoms with E-state index < -0.39 is 22.2 Å². The van der Waals surface area contributed by atoms with Gasteiger partial charge in [0, 0.05) is 25.6 Å². The Morgan fingerprint density at radius 3 is 2.64 bits per heavy atom. The number of aliphatic hydroxyl groups is 1. The molecule has 39 heavy (non-hydrogen) atoms. The van der Waals surface area contributed by atoms with Gasteiger partial charge in [-0.1, -0.05) is 48.3 Å². The second kappa shape index (κ2) is 12.4. The Labute approximate surface area is 243 Å². The van der Waals surface area contributed by atoms with Gasteiger partial charge in [0.15, 0.2) is 5.75 Å². The maximum Gasteiger partial charge on any atom is 0.271 e. The molecule has 1 aliphatic rings.